The van der Waals surface area contributed by atoms with Gasteiger partial charge in [0.15, 0.2) is 5.78 Å². The van der Waals surface area contributed by atoms with E-state index in [4.69, 9.17) is 10.2 Å². The van der Waals surface area contributed by atoms with Gasteiger partial charge in [-0.2, -0.15) is 0 Å². The Balaban J connectivity index is 1.99. The van der Waals surface area contributed by atoms with Crippen molar-refractivity contribution in [3.05, 3.63) is 24.2 Å². The van der Waals surface area contributed by atoms with Crippen LogP contribution in [0.3, 0.4) is 0 Å². The molecule has 0 radical (unpaired) electrons. The average Bonchev–Trinajstić information content (AvgIpc) is 2.52. The molecule has 0 aromatic carbocycles. The van der Waals surface area contributed by atoms with E-state index in [0.29, 0.717) is 12.2 Å². The first-order chi connectivity index (χ1) is 6.21. The summed E-state index contributed by atoms with van der Waals surface area (Å²) in [6, 6.07) is 3.59. The molecule has 1 fully saturated rings. The molecule has 1 aromatic rings. The third-order valence-electron chi connectivity index (χ3n) is 2.72. The Kier molecular flexibility index (Phi) is 1.96. The van der Waals surface area contributed by atoms with Gasteiger partial charge in [-0.05, 0) is 31.4 Å². The van der Waals surface area contributed by atoms with Gasteiger partial charge >= 0.3 is 0 Å². The maximum Gasteiger partial charge on any atom is 0.160 e. The largest absolute Gasteiger partial charge is 0.469 e. The summed E-state index contributed by atoms with van der Waals surface area (Å²) in [7, 11) is 0. The molecule has 0 aliphatic heterocycles. The lowest BCUT2D eigenvalue weighted by Gasteiger charge is -2.36. The van der Waals surface area contributed by atoms with E-state index >= 15 is 0 Å². The first-order valence-corrected chi connectivity index (χ1v) is 4.55. The summed E-state index contributed by atoms with van der Waals surface area (Å²) in [5.74, 6) is 0.815. The van der Waals surface area contributed by atoms with Crippen LogP contribution < -0.4 is 5.73 Å². The zero-order valence-electron chi connectivity index (χ0n) is 7.45. The van der Waals surface area contributed by atoms with Crippen LogP contribution in [-0.4, -0.2) is 11.3 Å². The summed E-state index contributed by atoms with van der Waals surface area (Å²) in [5.41, 5.74) is 5.32. The Morgan fingerprint density at radius 2 is 2.38 bits per heavy atom. The lowest BCUT2D eigenvalue weighted by molar-refractivity contribution is -0.126. The van der Waals surface area contributed by atoms with E-state index in [1.807, 2.05) is 0 Å². The van der Waals surface area contributed by atoms with Gasteiger partial charge in [-0.15, -0.1) is 0 Å². The number of rotatable bonds is 3. The molecule has 1 saturated carbocycles. The van der Waals surface area contributed by atoms with Crippen LogP contribution in [0.25, 0.3) is 0 Å². The molecule has 0 amide bonds. The standard InChI is InChI=1S/C10H13NO2/c11-10(4-2-5-10)9(12)7-8-3-1-6-13-8/h1,3,6H,2,4-5,7,11H2. The summed E-state index contributed by atoms with van der Waals surface area (Å²) < 4.78 is 5.09. The molecule has 0 atom stereocenters. The van der Waals surface area contributed by atoms with Gasteiger partial charge in [0, 0.05) is 0 Å². The molecule has 3 heteroatoms. The lowest BCUT2D eigenvalue weighted by Crippen LogP contribution is -2.54. The quantitative estimate of drug-likeness (QED) is 0.760. The number of ketones is 1. The molecule has 1 heterocycles. The maximum atomic E-state index is 11.6. The predicted molar refractivity (Wildman–Crippen MR) is 48.2 cm³/mol. The number of hydrogen-bond donors (Lipinski definition) is 1. The summed E-state index contributed by atoms with van der Waals surface area (Å²) >= 11 is 0. The van der Waals surface area contributed by atoms with Crippen molar-refractivity contribution in [2.24, 2.45) is 5.73 Å². The Morgan fingerprint density at radius 3 is 2.85 bits per heavy atom. The van der Waals surface area contributed by atoms with Crippen molar-refractivity contribution >= 4 is 5.78 Å². The van der Waals surface area contributed by atoms with Gasteiger partial charge in [0.2, 0.25) is 0 Å². The third-order valence-corrected chi connectivity index (χ3v) is 2.72. The second-order valence-corrected chi connectivity index (χ2v) is 3.69. The molecule has 70 valence electrons. The molecular weight excluding hydrogens is 166 g/mol. The summed E-state index contributed by atoms with van der Waals surface area (Å²) in [6.45, 7) is 0. The smallest absolute Gasteiger partial charge is 0.160 e. The van der Waals surface area contributed by atoms with Gasteiger partial charge in [-0.3, -0.25) is 4.79 Å². The minimum Gasteiger partial charge on any atom is -0.469 e. The van der Waals surface area contributed by atoms with E-state index in [1.54, 1.807) is 18.4 Å². The van der Waals surface area contributed by atoms with Gasteiger partial charge in [-0.25, -0.2) is 0 Å². The van der Waals surface area contributed by atoms with Gasteiger partial charge in [0.1, 0.15) is 5.76 Å². The van der Waals surface area contributed by atoms with Crippen molar-refractivity contribution < 1.29 is 9.21 Å². The summed E-state index contributed by atoms with van der Waals surface area (Å²) in [5, 5.41) is 0. The van der Waals surface area contributed by atoms with Crippen LogP contribution in [0.5, 0.6) is 0 Å². The molecule has 0 unspecified atom stereocenters. The predicted octanol–water partition coefficient (Wildman–Crippen LogP) is 1.27. The van der Waals surface area contributed by atoms with Crippen LogP contribution in [0.1, 0.15) is 25.0 Å². The summed E-state index contributed by atoms with van der Waals surface area (Å²) in [6.07, 6.45) is 4.63. The van der Waals surface area contributed by atoms with E-state index in [9.17, 15) is 4.79 Å². The highest BCUT2D eigenvalue weighted by molar-refractivity contribution is 5.90. The van der Waals surface area contributed by atoms with Gasteiger partial charge in [-0.1, -0.05) is 0 Å². The van der Waals surface area contributed by atoms with Crippen LogP contribution in [0.15, 0.2) is 22.8 Å². The number of Topliss-reactive ketones (excluding diaryl/α,β-unsaturated/α-hetero) is 1. The zero-order chi connectivity index (χ0) is 9.31. The van der Waals surface area contributed by atoms with Crippen LogP contribution in [0, 0.1) is 0 Å². The highest BCUT2D eigenvalue weighted by Gasteiger charge is 2.39. The molecule has 13 heavy (non-hydrogen) atoms. The molecule has 2 N–H and O–H groups in total. The van der Waals surface area contributed by atoms with Crippen molar-refractivity contribution in [2.45, 2.75) is 31.2 Å². The van der Waals surface area contributed by atoms with E-state index < -0.39 is 5.54 Å². The van der Waals surface area contributed by atoms with E-state index in [2.05, 4.69) is 0 Å². The maximum absolute atomic E-state index is 11.6. The second-order valence-electron chi connectivity index (χ2n) is 3.69. The lowest BCUT2D eigenvalue weighted by atomic mass is 9.73. The molecule has 3 nitrogen and oxygen atoms in total. The van der Waals surface area contributed by atoms with Gasteiger partial charge in [0.25, 0.3) is 0 Å². The molecule has 0 saturated heterocycles. The van der Waals surface area contributed by atoms with Crippen molar-refractivity contribution in [1.29, 1.82) is 0 Å². The number of nitrogens with two attached hydrogens (primary N) is 1. The normalized spacial score (nSPS) is 19.5. The molecule has 0 spiro atoms. The number of furan rings is 1. The van der Waals surface area contributed by atoms with Crippen molar-refractivity contribution in [3.8, 4) is 0 Å². The molecule has 1 aliphatic carbocycles. The monoisotopic (exact) mass is 179 g/mol. The minimum atomic E-state index is -0.549. The Bertz CT molecular complexity index is 299. The van der Waals surface area contributed by atoms with Crippen molar-refractivity contribution in [3.63, 3.8) is 0 Å². The zero-order valence-corrected chi connectivity index (χ0v) is 7.45. The van der Waals surface area contributed by atoms with Crippen LogP contribution in [0.4, 0.5) is 0 Å². The molecule has 0 bridgehead atoms. The Labute approximate surface area is 76.9 Å². The minimum absolute atomic E-state index is 0.105. The van der Waals surface area contributed by atoms with Crippen LogP contribution in [0.2, 0.25) is 0 Å². The Morgan fingerprint density at radius 1 is 1.62 bits per heavy atom. The first-order valence-electron chi connectivity index (χ1n) is 4.55. The molecular formula is C10H13NO2. The van der Waals surface area contributed by atoms with Crippen LogP contribution in [-0.2, 0) is 11.2 Å². The fourth-order valence-electron chi connectivity index (χ4n) is 1.58. The summed E-state index contributed by atoms with van der Waals surface area (Å²) in [4.78, 5) is 11.6. The second kappa shape index (κ2) is 3.00. The fraction of sp³-hybridized carbons (Fsp3) is 0.500. The van der Waals surface area contributed by atoms with Gasteiger partial charge in [0.05, 0.1) is 18.2 Å². The molecule has 1 aromatic heterocycles. The number of carbonyl (C=O) groups is 1. The van der Waals surface area contributed by atoms with Crippen LogP contribution >= 0.6 is 0 Å². The highest BCUT2D eigenvalue weighted by Crippen LogP contribution is 2.30. The van der Waals surface area contributed by atoms with Crippen molar-refractivity contribution in [1.82, 2.24) is 0 Å². The molecule has 1 aliphatic rings. The van der Waals surface area contributed by atoms with E-state index in [0.717, 1.165) is 19.3 Å². The molecule has 2 rings (SSSR count). The Hall–Kier alpha value is -1.09. The average molecular weight is 179 g/mol. The first kappa shape index (κ1) is 8.51. The van der Waals surface area contributed by atoms with Crippen molar-refractivity contribution in [2.75, 3.05) is 0 Å². The third kappa shape index (κ3) is 1.52. The van der Waals surface area contributed by atoms with Gasteiger partial charge < -0.3 is 10.2 Å². The number of hydrogen-bond acceptors (Lipinski definition) is 3. The SMILES string of the molecule is NC1(C(=O)Cc2ccco2)CCC1. The van der Waals surface area contributed by atoms with E-state index in [1.165, 1.54) is 0 Å². The van der Waals surface area contributed by atoms with E-state index in [-0.39, 0.29) is 5.78 Å². The number of carbonyl (C=O) groups excluding carboxylic acids is 1. The topological polar surface area (TPSA) is 56.2 Å². The fourth-order valence-corrected chi connectivity index (χ4v) is 1.58. The highest BCUT2D eigenvalue weighted by atomic mass is 16.3.